The maximum absolute atomic E-state index is 5.33. The summed E-state index contributed by atoms with van der Waals surface area (Å²) in [5, 5.41) is 2.54. The van der Waals surface area contributed by atoms with Crippen molar-refractivity contribution in [3.8, 4) is 16.9 Å². The second kappa shape index (κ2) is 6.57. The number of aromatic amines is 1. The summed E-state index contributed by atoms with van der Waals surface area (Å²) in [7, 11) is 1.70. The van der Waals surface area contributed by atoms with Crippen molar-refractivity contribution < 1.29 is 4.74 Å². The van der Waals surface area contributed by atoms with E-state index in [4.69, 9.17) is 4.74 Å². The topological polar surface area (TPSA) is 25.0 Å². The van der Waals surface area contributed by atoms with Crippen molar-refractivity contribution in [3.63, 3.8) is 0 Å². The number of hydrogen-bond donors (Lipinski definition) is 1. The van der Waals surface area contributed by atoms with Crippen molar-refractivity contribution in [2.24, 2.45) is 0 Å². The van der Waals surface area contributed by atoms with E-state index in [0.29, 0.717) is 0 Å². The first kappa shape index (κ1) is 16.2. The van der Waals surface area contributed by atoms with Crippen LogP contribution >= 0.6 is 15.9 Å². The number of fused-ring (bicyclic) bond motifs is 3. The average molecular weight is 394 g/mol. The standard InChI is InChI=1S/C22H20BrNO/c1-3-5-14-10-13-19-22(21-17(23)6-4-7-18(21)24-19)20(14)15-8-11-16(25-2)12-9-15/h4,6-13,24H,3,5H2,1-2H3. The smallest absolute Gasteiger partial charge is 0.118 e. The molecule has 0 atom stereocenters. The van der Waals surface area contributed by atoms with Crippen LogP contribution in [0.5, 0.6) is 5.75 Å². The number of nitrogens with one attached hydrogen (secondary N) is 1. The van der Waals surface area contributed by atoms with E-state index in [-0.39, 0.29) is 0 Å². The predicted octanol–water partition coefficient (Wildman–Crippen LogP) is 6.71. The van der Waals surface area contributed by atoms with Gasteiger partial charge in [0.1, 0.15) is 5.75 Å². The Morgan fingerprint density at radius 2 is 1.68 bits per heavy atom. The molecule has 0 amide bonds. The second-order valence-corrected chi connectivity index (χ2v) is 7.14. The molecule has 1 aromatic heterocycles. The lowest BCUT2D eigenvalue weighted by Gasteiger charge is -2.13. The molecule has 0 spiro atoms. The van der Waals surface area contributed by atoms with Crippen LogP contribution in [0, 0.1) is 0 Å². The predicted molar refractivity (Wildman–Crippen MR) is 109 cm³/mol. The first-order valence-electron chi connectivity index (χ1n) is 8.59. The number of H-pyrrole nitrogens is 1. The average Bonchev–Trinajstić information content (AvgIpc) is 3.02. The van der Waals surface area contributed by atoms with Gasteiger partial charge in [0.25, 0.3) is 0 Å². The third-order valence-electron chi connectivity index (χ3n) is 4.72. The van der Waals surface area contributed by atoms with Gasteiger partial charge in [0.2, 0.25) is 0 Å². The summed E-state index contributed by atoms with van der Waals surface area (Å²) in [6, 6.07) is 19.2. The van der Waals surface area contributed by atoms with E-state index >= 15 is 0 Å². The molecule has 0 saturated carbocycles. The van der Waals surface area contributed by atoms with Gasteiger partial charge in [-0.25, -0.2) is 0 Å². The molecule has 0 radical (unpaired) electrons. The normalized spacial score (nSPS) is 11.3. The monoisotopic (exact) mass is 393 g/mol. The molecule has 3 aromatic carbocycles. The minimum atomic E-state index is 0.882. The molecule has 2 nitrogen and oxygen atoms in total. The summed E-state index contributed by atoms with van der Waals surface area (Å²) in [5.41, 5.74) is 6.27. The highest BCUT2D eigenvalue weighted by atomic mass is 79.9. The molecule has 1 heterocycles. The van der Waals surface area contributed by atoms with Gasteiger partial charge in [-0.1, -0.05) is 53.5 Å². The fraction of sp³-hybridized carbons (Fsp3) is 0.182. The zero-order valence-corrected chi connectivity index (χ0v) is 16.0. The minimum Gasteiger partial charge on any atom is -0.497 e. The maximum Gasteiger partial charge on any atom is 0.118 e. The fourth-order valence-electron chi connectivity index (χ4n) is 3.60. The van der Waals surface area contributed by atoms with Crippen molar-refractivity contribution in [3.05, 3.63) is 64.6 Å². The van der Waals surface area contributed by atoms with Gasteiger partial charge < -0.3 is 9.72 Å². The Balaban J connectivity index is 2.10. The van der Waals surface area contributed by atoms with Crippen LogP contribution in [0.25, 0.3) is 32.9 Å². The zero-order valence-electron chi connectivity index (χ0n) is 14.4. The highest BCUT2D eigenvalue weighted by Crippen LogP contribution is 2.40. The maximum atomic E-state index is 5.33. The van der Waals surface area contributed by atoms with Crippen LogP contribution in [0.3, 0.4) is 0 Å². The Labute approximate surface area is 156 Å². The minimum absolute atomic E-state index is 0.882. The Kier molecular flexibility index (Phi) is 4.26. The fourth-order valence-corrected chi connectivity index (χ4v) is 4.17. The number of methoxy groups -OCH3 is 1. The summed E-state index contributed by atoms with van der Waals surface area (Å²) in [6.07, 6.45) is 2.19. The first-order chi connectivity index (χ1) is 12.2. The quantitative estimate of drug-likeness (QED) is 0.409. The molecule has 0 fully saturated rings. The van der Waals surface area contributed by atoms with Gasteiger partial charge in [-0.2, -0.15) is 0 Å². The van der Waals surface area contributed by atoms with Crippen LogP contribution in [0.4, 0.5) is 0 Å². The number of halogens is 1. The highest BCUT2D eigenvalue weighted by molar-refractivity contribution is 9.10. The van der Waals surface area contributed by atoms with Crippen LogP contribution in [-0.2, 0) is 6.42 Å². The lowest BCUT2D eigenvalue weighted by molar-refractivity contribution is 0.415. The Hall–Kier alpha value is -2.26. The SMILES string of the molecule is CCCc1ccc2[nH]c3cccc(Br)c3c2c1-c1ccc(OC)cc1. The van der Waals surface area contributed by atoms with E-state index in [1.54, 1.807) is 7.11 Å². The zero-order chi connectivity index (χ0) is 17.4. The summed E-state index contributed by atoms with van der Waals surface area (Å²) >= 11 is 3.75. The molecule has 1 N–H and O–H groups in total. The van der Waals surface area contributed by atoms with E-state index in [2.05, 4.69) is 70.3 Å². The highest BCUT2D eigenvalue weighted by Gasteiger charge is 2.16. The molecule has 4 aromatic rings. The number of rotatable bonds is 4. The number of benzene rings is 3. The molecule has 0 aliphatic rings. The van der Waals surface area contributed by atoms with Gasteiger partial charge in [0.05, 0.1) is 7.11 Å². The number of aromatic nitrogens is 1. The van der Waals surface area contributed by atoms with Crippen LogP contribution in [0.15, 0.2) is 59.1 Å². The van der Waals surface area contributed by atoms with E-state index in [0.717, 1.165) is 28.6 Å². The molecule has 25 heavy (non-hydrogen) atoms. The molecule has 0 unspecified atom stereocenters. The molecule has 4 rings (SSSR count). The number of ether oxygens (including phenoxy) is 1. The van der Waals surface area contributed by atoms with Crippen molar-refractivity contribution >= 4 is 37.7 Å². The molecular formula is C22H20BrNO. The van der Waals surface area contributed by atoms with Crippen LogP contribution in [0.1, 0.15) is 18.9 Å². The summed E-state index contributed by atoms with van der Waals surface area (Å²) in [5.74, 6) is 0.882. The molecule has 0 saturated heterocycles. The van der Waals surface area contributed by atoms with Gasteiger partial charge in [-0.05, 0) is 53.4 Å². The van der Waals surface area contributed by atoms with Gasteiger partial charge >= 0.3 is 0 Å². The van der Waals surface area contributed by atoms with E-state index in [1.807, 2.05) is 12.1 Å². The molecular weight excluding hydrogens is 374 g/mol. The number of aryl methyl sites for hydroxylation is 1. The summed E-state index contributed by atoms with van der Waals surface area (Å²) < 4.78 is 6.46. The Bertz CT molecular complexity index is 1050. The van der Waals surface area contributed by atoms with E-state index in [1.165, 1.54) is 33.0 Å². The van der Waals surface area contributed by atoms with Gasteiger partial charge in [0.15, 0.2) is 0 Å². The second-order valence-electron chi connectivity index (χ2n) is 6.29. The van der Waals surface area contributed by atoms with E-state index < -0.39 is 0 Å². The Morgan fingerprint density at radius 3 is 2.40 bits per heavy atom. The third-order valence-corrected chi connectivity index (χ3v) is 5.38. The number of hydrogen-bond acceptors (Lipinski definition) is 1. The lowest BCUT2D eigenvalue weighted by atomic mass is 9.92. The van der Waals surface area contributed by atoms with Crippen molar-refractivity contribution in [1.29, 1.82) is 0 Å². The molecule has 0 aliphatic carbocycles. The van der Waals surface area contributed by atoms with Crippen LogP contribution in [0.2, 0.25) is 0 Å². The van der Waals surface area contributed by atoms with E-state index in [9.17, 15) is 0 Å². The molecule has 3 heteroatoms. The summed E-state index contributed by atoms with van der Waals surface area (Å²) in [6.45, 7) is 2.23. The van der Waals surface area contributed by atoms with Crippen molar-refractivity contribution in [2.45, 2.75) is 19.8 Å². The van der Waals surface area contributed by atoms with Gasteiger partial charge in [0, 0.05) is 26.3 Å². The van der Waals surface area contributed by atoms with Gasteiger partial charge in [-0.15, -0.1) is 0 Å². The summed E-state index contributed by atoms with van der Waals surface area (Å²) in [4.78, 5) is 3.57. The molecule has 126 valence electrons. The molecule has 0 aliphatic heterocycles. The largest absolute Gasteiger partial charge is 0.497 e. The van der Waals surface area contributed by atoms with Gasteiger partial charge in [-0.3, -0.25) is 0 Å². The van der Waals surface area contributed by atoms with Crippen molar-refractivity contribution in [1.82, 2.24) is 4.98 Å². The third kappa shape index (κ3) is 2.73. The van der Waals surface area contributed by atoms with Crippen LogP contribution in [-0.4, -0.2) is 12.1 Å². The lowest BCUT2D eigenvalue weighted by Crippen LogP contribution is -1.91. The van der Waals surface area contributed by atoms with Crippen molar-refractivity contribution in [2.75, 3.05) is 7.11 Å². The Morgan fingerprint density at radius 1 is 0.920 bits per heavy atom. The molecule has 0 bridgehead atoms. The van der Waals surface area contributed by atoms with Crippen LogP contribution < -0.4 is 4.74 Å². The first-order valence-corrected chi connectivity index (χ1v) is 9.38.